The monoisotopic (exact) mass is 242 g/mol. The second kappa shape index (κ2) is 7.60. The SMILES string of the molecule is C=CCC(CCCC=O)(C(=O)OC)C(=O)OC. The van der Waals surface area contributed by atoms with Gasteiger partial charge < -0.3 is 14.3 Å². The largest absolute Gasteiger partial charge is 0.468 e. The van der Waals surface area contributed by atoms with Crippen LogP contribution in [-0.4, -0.2) is 32.4 Å². The highest BCUT2D eigenvalue weighted by Gasteiger charge is 2.46. The Labute approximate surface area is 101 Å². The molecule has 0 bridgehead atoms. The van der Waals surface area contributed by atoms with Crippen LogP contribution in [0.15, 0.2) is 12.7 Å². The Morgan fingerprint density at radius 1 is 1.24 bits per heavy atom. The second-order valence-electron chi connectivity index (χ2n) is 3.62. The van der Waals surface area contributed by atoms with Gasteiger partial charge in [-0.1, -0.05) is 6.08 Å². The lowest BCUT2D eigenvalue weighted by Crippen LogP contribution is -2.41. The van der Waals surface area contributed by atoms with E-state index in [0.717, 1.165) is 6.29 Å². The fraction of sp³-hybridized carbons (Fsp3) is 0.583. The number of ether oxygens (including phenoxy) is 2. The number of allylic oxidation sites excluding steroid dienone is 1. The molecular weight excluding hydrogens is 224 g/mol. The number of carbonyl (C=O) groups is 3. The van der Waals surface area contributed by atoms with Crippen LogP contribution in [0.2, 0.25) is 0 Å². The van der Waals surface area contributed by atoms with Gasteiger partial charge in [-0.2, -0.15) is 0 Å². The fourth-order valence-electron chi connectivity index (χ4n) is 1.68. The molecule has 0 aromatic carbocycles. The van der Waals surface area contributed by atoms with E-state index in [0.29, 0.717) is 6.42 Å². The average Bonchev–Trinajstić information content (AvgIpc) is 2.35. The van der Waals surface area contributed by atoms with Crippen molar-refractivity contribution in [1.29, 1.82) is 0 Å². The molecule has 0 aliphatic carbocycles. The first-order valence-corrected chi connectivity index (χ1v) is 5.30. The van der Waals surface area contributed by atoms with Gasteiger partial charge in [0, 0.05) is 6.42 Å². The predicted octanol–water partition coefficient (Wildman–Crippen LogP) is 1.26. The molecule has 0 saturated carbocycles. The van der Waals surface area contributed by atoms with Crippen LogP contribution in [0.1, 0.15) is 25.7 Å². The molecule has 0 amide bonds. The van der Waals surface area contributed by atoms with Crippen LogP contribution in [0.4, 0.5) is 0 Å². The van der Waals surface area contributed by atoms with Crippen molar-refractivity contribution in [3.05, 3.63) is 12.7 Å². The predicted molar refractivity (Wildman–Crippen MR) is 61.2 cm³/mol. The zero-order valence-corrected chi connectivity index (χ0v) is 10.2. The van der Waals surface area contributed by atoms with Crippen molar-refractivity contribution in [3.63, 3.8) is 0 Å². The van der Waals surface area contributed by atoms with Gasteiger partial charge in [0.1, 0.15) is 6.29 Å². The summed E-state index contributed by atoms with van der Waals surface area (Å²) >= 11 is 0. The lowest BCUT2D eigenvalue weighted by molar-refractivity contribution is -0.169. The molecule has 0 rings (SSSR count). The molecule has 0 unspecified atom stereocenters. The third-order valence-corrected chi connectivity index (χ3v) is 2.57. The maximum atomic E-state index is 11.8. The molecule has 0 N–H and O–H groups in total. The van der Waals surface area contributed by atoms with E-state index in [1.54, 1.807) is 0 Å². The van der Waals surface area contributed by atoms with Gasteiger partial charge in [-0.15, -0.1) is 6.58 Å². The van der Waals surface area contributed by atoms with Crippen molar-refractivity contribution >= 4 is 18.2 Å². The molecule has 5 heteroatoms. The Morgan fingerprint density at radius 2 is 1.76 bits per heavy atom. The number of unbranched alkanes of at least 4 members (excludes halogenated alkanes) is 1. The molecule has 0 aliphatic heterocycles. The first-order valence-electron chi connectivity index (χ1n) is 5.30. The smallest absolute Gasteiger partial charge is 0.323 e. The highest BCUT2D eigenvalue weighted by Crippen LogP contribution is 2.32. The zero-order valence-electron chi connectivity index (χ0n) is 10.2. The number of esters is 2. The third-order valence-electron chi connectivity index (χ3n) is 2.57. The Kier molecular flexibility index (Phi) is 6.86. The Balaban J connectivity index is 5.07. The van der Waals surface area contributed by atoms with Crippen molar-refractivity contribution < 1.29 is 23.9 Å². The Bertz CT molecular complexity index is 279. The highest BCUT2D eigenvalue weighted by atomic mass is 16.5. The van der Waals surface area contributed by atoms with Crippen molar-refractivity contribution in [2.24, 2.45) is 5.41 Å². The van der Waals surface area contributed by atoms with Crippen LogP contribution in [0.3, 0.4) is 0 Å². The summed E-state index contributed by atoms with van der Waals surface area (Å²) in [5.41, 5.74) is -1.38. The maximum absolute atomic E-state index is 11.8. The van der Waals surface area contributed by atoms with Gasteiger partial charge in [-0.25, -0.2) is 0 Å². The van der Waals surface area contributed by atoms with E-state index in [1.165, 1.54) is 20.3 Å². The summed E-state index contributed by atoms with van der Waals surface area (Å²) in [7, 11) is 2.42. The van der Waals surface area contributed by atoms with Crippen LogP contribution in [0.5, 0.6) is 0 Å². The number of carbonyl (C=O) groups excluding carboxylic acids is 3. The molecule has 0 aliphatic rings. The lowest BCUT2D eigenvalue weighted by atomic mass is 9.79. The average molecular weight is 242 g/mol. The molecule has 0 aromatic rings. The summed E-state index contributed by atoms with van der Waals surface area (Å²) in [6.45, 7) is 3.52. The van der Waals surface area contributed by atoms with Crippen LogP contribution in [0.25, 0.3) is 0 Å². The standard InChI is InChI=1S/C12H18O5/c1-4-7-12(10(14)16-2,11(15)17-3)8-5-6-9-13/h4,9H,1,5-8H2,2-3H3. The fourth-order valence-corrected chi connectivity index (χ4v) is 1.68. The first-order chi connectivity index (χ1) is 8.08. The maximum Gasteiger partial charge on any atom is 0.323 e. The second-order valence-corrected chi connectivity index (χ2v) is 3.62. The highest BCUT2D eigenvalue weighted by molar-refractivity contribution is 6.00. The van der Waals surface area contributed by atoms with Crippen molar-refractivity contribution in [3.8, 4) is 0 Å². The van der Waals surface area contributed by atoms with Crippen molar-refractivity contribution in [2.75, 3.05) is 14.2 Å². The minimum absolute atomic E-state index is 0.130. The van der Waals surface area contributed by atoms with Crippen LogP contribution in [0, 0.1) is 5.41 Å². The molecule has 0 fully saturated rings. The summed E-state index contributed by atoms with van der Waals surface area (Å²) in [5.74, 6) is -1.31. The topological polar surface area (TPSA) is 69.7 Å². The molecule has 96 valence electrons. The number of hydrogen-bond donors (Lipinski definition) is 0. The summed E-state index contributed by atoms with van der Waals surface area (Å²) in [6, 6.07) is 0. The molecule has 17 heavy (non-hydrogen) atoms. The molecule has 0 heterocycles. The number of rotatable bonds is 8. The molecule has 0 aromatic heterocycles. The van der Waals surface area contributed by atoms with Gasteiger partial charge in [0.25, 0.3) is 0 Å². The van der Waals surface area contributed by atoms with Gasteiger partial charge in [-0.05, 0) is 19.3 Å². The third kappa shape index (κ3) is 3.69. The van der Waals surface area contributed by atoms with Crippen LogP contribution < -0.4 is 0 Å². The lowest BCUT2D eigenvalue weighted by Gasteiger charge is -2.26. The van der Waals surface area contributed by atoms with E-state index in [4.69, 9.17) is 0 Å². The summed E-state index contributed by atoms with van der Waals surface area (Å²) in [4.78, 5) is 33.8. The quantitative estimate of drug-likeness (QED) is 0.211. The van der Waals surface area contributed by atoms with Gasteiger partial charge in [0.05, 0.1) is 14.2 Å². The van der Waals surface area contributed by atoms with Gasteiger partial charge >= 0.3 is 11.9 Å². The van der Waals surface area contributed by atoms with Crippen LogP contribution in [-0.2, 0) is 23.9 Å². The van der Waals surface area contributed by atoms with Gasteiger partial charge in [0.15, 0.2) is 5.41 Å². The summed E-state index contributed by atoms with van der Waals surface area (Å²) in [6.07, 6.45) is 3.25. The van der Waals surface area contributed by atoms with Crippen molar-refractivity contribution in [2.45, 2.75) is 25.7 Å². The zero-order chi connectivity index (χ0) is 13.3. The molecular formula is C12H18O5. The van der Waals surface area contributed by atoms with E-state index in [2.05, 4.69) is 16.1 Å². The van der Waals surface area contributed by atoms with E-state index in [1.807, 2.05) is 0 Å². The van der Waals surface area contributed by atoms with Gasteiger partial charge in [0.2, 0.25) is 0 Å². The minimum atomic E-state index is -1.38. The number of aldehydes is 1. The number of hydrogen-bond acceptors (Lipinski definition) is 5. The first kappa shape index (κ1) is 15.3. The van der Waals surface area contributed by atoms with Crippen LogP contribution >= 0.6 is 0 Å². The Hall–Kier alpha value is -1.65. The summed E-state index contributed by atoms with van der Waals surface area (Å²) in [5, 5.41) is 0. The molecule has 0 saturated heterocycles. The summed E-state index contributed by atoms with van der Waals surface area (Å²) < 4.78 is 9.29. The molecule has 0 spiro atoms. The normalized spacial score (nSPS) is 10.5. The molecule has 0 atom stereocenters. The van der Waals surface area contributed by atoms with Crippen molar-refractivity contribution in [1.82, 2.24) is 0 Å². The van der Waals surface area contributed by atoms with E-state index in [9.17, 15) is 14.4 Å². The Morgan fingerprint density at radius 3 is 2.12 bits per heavy atom. The molecule has 0 radical (unpaired) electrons. The molecule has 5 nitrogen and oxygen atoms in total. The minimum Gasteiger partial charge on any atom is -0.468 e. The van der Waals surface area contributed by atoms with E-state index in [-0.39, 0.29) is 19.3 Å². The number of methoxy groups -OCH3 is 2. The van der Waals surface area contributed by atoms with Gasteiger partial charge in [-0.3, -0.25) is 9.59 Å². The van der Waals surface area contributed by atoms with E-state index >= 15 is 0 Å². The van der Waals surface area contributed by atoms with E-state index < -0.39 is 17.4 Å².